The summed E-state index contributed by atoms with van der Waals surface area (Å²) in [5, 5.41) is 9.79. The fourth-order valence-electron chi connectivity index (χ4n) is 4.75. The van der Waals surface area contributed by atoms with E-state index < -0.39 is 11.9 Å². The first-order valence-corrected chi connectivity index (χ1v) is 13.2. The van der Waals surface area contributed by atoms with Crippen LogP contribution in [0.1, 0.15) is 37.3 Å². The van der Waals surface area contributed by atoms with Gasteiger partial charge in [-0.1, -0.05) is 44.2 Å². The second kappa shape index (κ2) is 12.6. The maximum atomic E-state index is 12.5. The topological polar surface area (TPSA) is 102 Å². The molecule has 2 aromatic carbocycles. The van der Waals surface area contributed by atoms with Gasteiger partial charge >= 0.3 is 12.1 Å². The zero-order valence-electron chi connectivity index (χ0n) is 22.3. The summed E-state index contributed by atoms with van der Waals surface area (Å²) >= 11 is 0. The number of aromatic nitrogens is 1. The van der Waals surface area contributed by atoms with E-state index in [1.165, 1.54) is 0 Å². The number of aliphatic carboxylic acids is 1. The average molecular weight is 521 g/mol. The summed E-state index contributed by atoms with van der Waals surface area (Å²) < 4.78 is 17.2. The number of hydrogen-bond acceptors (Lipinski definition) is 6. The lowest BCUT2D eigenvalue weighted by atomic mass is 9.81. The summed E-state index contributed by atoms with van der Waals surface area (Å²) in [7, 11) is 0. The number of oxazole rings is 1. The summed E-state index contributed by atoms with van der Waals surface area (Å²) in [6, 6.07) is 17.5. The van der Waals surface area contributed by atoms with Crippen LogP contribution < -0.4 is 4.74 Å². The van der Waals surface area contributed by atoms with Crippen molar-refractivity contribution in [3.05, 3.63) is 71.6 Å². The Morgan fingerprint density at radius 2 is 1.95 bits per heavy atom. The number of hydrogen-bond donors (Lipinski definition) is 1. The highest BCUT2D eigenvalue weighted by Gasteiger charge is 2.36. The number of carbonyl (C=O) groups is 2. The normalized spacial score (nSPS) is 17.4. The zero-order valence-corrected chi connectivity index (χ0v) is 22.3. The first-order chi connectivity index (χ1) is 18.3. The van der Waals surface area contributed by atoms with Crippen LogP contribution in [0.2, 0.25) is 0 Å². The molecule has 1 saturated heterocycles. The SMILES string of the molecule is Cc1oc(-c2ccccc2)nc1CCOc1cccc(C[C@@H]2CN(C(=O)OCC(C)C)CC[C@@H]2C(=O)O)c1. The second-order valence-corrected chi connectivity index (χ2v) is 10.2. The monoisotopic (exact) mass is 520 g/mol. The van der Waals surface area contributed by atoms with Gasteiger partial charge in [-0.2, -0.15) is 0 Å². The van der Waals surface area contributed by atoms with Gasteiger partial charge in [0.1, 0.15) is 11.5 Å². The molecule has 0 saturated carbocycles. The summed E-state index contributed by atoms with van der Waals surface area (Å²) in [5.41, 5.74) is 2.76. The van der Waals surface area contributed by atoms with Gasteiger partial charge in [0.05, 0.1) is 24.8 Å². The quantitative estimate of drug-likeness (QED) is 0.370. The van der Waals surface area contributed by atoms with Gasteiger partial charge < -0.3 is 23.9 Å². The highest BCUT2D eigenvalue weighted by atomic mass is 16.6. The lowest BCUT2D eigenvalue weighted by molar-refractivity contribution is -0.145. The number of carboxylic acid groups (broad SMARTS) is 1. The van der Waals surface area contributed by atoms with Gasteiger partial charge in [0.2, 0.25) is 5.89 Å². The third-order valence-electron chi connectivity index (χ3n) is 6.77. The Morgan fingerprint density at radius 3 is 2.68 bits per heavy atom. The highest BCUT2D eigenvalue weighted by Crippen LogP contribution is 2.29. The predicted molar refractivity (Wildman–Crippen MR) is 143 cm³/mol. The maximum Gasteiger partial charge on any atom is 0.409 e. The van der Waals surface area contributed by atoms with E-state index in [-0.39, 0.29) is 17.9 Å². The molecule has 8 heteroatoms. The lowest BCUT2D eigenvalue weighted by Crippen LogP contribution is -2.47. The van der Waals surface area contributed by atoms with E-state index in [1.807, 2.05) is 75.4 Å². The van der Waals surface area contributed by atoms with Crippen molar-refractivity contribution in [3.63, 3.8) is 0 Å². The van der Waals surface area contributed by atoms with Crippen LogP contribution in [-0.4, -0.2) is 53.4 Å². The third-order valence-corrected chi connectivity index (χ3v) is 6.77. The molecule has 1 fully saturated rings. The van der Waals surface area contributed by atoms with Crippen LogP contribution in [0.15, 0.2) is 59.0 Å². The van der Waals surface area contributed by atoms with E-state index in [4.69, 9.17) is 13.9 Å². The lowest BCUT2D eigenvalue weighted by Gasteiger charge is -2.36. The van der Waals surface area contributed by atoms with Crippen molar-refractivity contribution in [3.8, 4) is 17.2 Å². The van der Waals surface area contributed by atoms with E-state index in [2.05, 4.69) is 4.98 Å². The minimum absolute atomic E-state index is 0.211. The van der Waals surface area contributed by atoms with Gasteiger partial charge in [-0.05, 0) is 61.4 Å². The molecule has 1 aromatic heterocycles. The highest BCUT2D eigenvalue weighted by molar-refractivity contribution is 5.72. The molecular weight excluding hydrogens is 484 g/mol. The van der Waals surface area contributed by atoms with E-state index >= 15 is 0 Å². The molecule has 38 heavy (non-hydrogen) atoms. The molecule has 202 valence electrons. The molecule has 4 rings (SSSR count). The molecule has 0 unspecified atom stereocenters. The molecule has 1 aliphatic rings. The Kier molecular flexibility index (Phi) is 9.05. The van der Waals surface area contributed by atoms with E-state index in [0.717, 1.165) is 22.6 Å². The molecule has 1 aliphatic heterocycles. The number of ether oxygens (including phenoxy) is 2. The summed E-state index contributed by atoms with van der Waals surface area (Å²) in [6.45, 7) is 7.40. The van der Waals surface area contributed by atoms with Gasteiger partial charge in [0, 0.05) is 25.1 Å². The smallest absolute Gasteiger partial charge is 0.409 e. The van der Waals surface area contributed by atoms with Crippen molar-refractivity contribution in [2.24, 2.45) is 17.8 Å². The molecular formula is C30H36N2O6. The van der Waals surface area contributed by atoms with Gasteiger partial charge in [0.25, 0.3) is 0 Å². The van der Waals surface area contributed by atoms with Crippen molar-refractivity contribution in [2.45, 2.75) is 40.0 Å². The van der Waals surface area contributed by atoms with Crippen molar-refractivity contribution in [1.82, 2.24) is 9.88 Å². The molecule has 0 spiro atoms. The van der Waals surface area contributed by atoms with Crippen molar-refractivity contribution < 1.29 is 28.6 Å². The van der Waals surface area contributed by atoms with Gasteiger partial charge in [-0.3, -0.25) is 4.79 Å². The van der Waals surface area contributed by atoms with E-state index in [9.17, 15) is 14.7 Å². The molecule has 0 bridgehead atoms. The van der Waals surface area contributed by atoms with Crippen LogP contribution >= 0.6 is 0 Å². The minimum atomic E-state index is -0.824. The molecule has 2 atom stereocenters. The van der Waals surface area contributed by atoms with Crippen LogP contribution in [0.3, 0.4) is 0 Å². The van der Waals surface area contributed by atoms with Crippen molar-refractivity contribution in [2.75, 3.05) is 26.3 Å². The fourth-order valence-corrected chi connectivity index (χ4v) is 4.75. The standard InChI is InChI=1S/C30H36N2O6/c1-20(2)19-37-30(35)32-14-12-26(29(33)34)24(18-32)16-22-8-7-11-25(17-22)36-15-13-27-21(3)38-28(31-27)23-9-5-4-6-10-23/h4-11,17,20,24,26H,12-16,18-19H2,1-3H3,(H,33,34)/t24-,26+/m1/s1. The molecule has 2 heterocycles. The number of rotatable bonds is 10. The Labute approximate surface area is 223 Å². The van der Waals surface area contributed by atoms with Gasteiger partial charge in [-0.15, -0.1) is 0 Å². The summed E-state index contributed by atoms with van der Waals surface area (Å²) in [5.74, 6) is 0.781. The van der Waals surface area contributed by atoms with Crippen LogP contribution in [0.5, 0.6) is 5.75 Å². The molecule has 0 radical (unpaired) electrons. The second-order valence-electron chi connectivity index (χ2n) is 10.2. The van der Waals surface area contributed by atoms with Gasteiger partial charge in [0.15, 0.2) is 0 Å². The molecule has 1 amide bonds. The van der Waals surface area contributed by atoms with Crippen LogP contribution in [0, 0.1) is 24.7 Å². The first kappa shape index (κ1) is 27.2. The Balaban J connectivity index is 1.35. The maximum absolute atomic E-state index is 12.5. The van der Waals surface area contributed by atoms with Crippen LogP contribution in [-0.2, 0) is 22.4 Å². The number of aryl methyl sites for hydroxylation is 1. The number of carboxylic acids is 1. The number of likely N-dealkylation sites (tertiary alicyclic amines) is 1. The minimum Gasteiger partial charge on any atom is -0.493 e. The van der Waals surface area contributed by atoms with E-state index in [0.29, 0.717) is 57.2 Å². The number of piperidine rings is 1. The van der Waals surface area contributed by atoms with Crippen molar-refractivity contribution >= 4 is 12.1 Å². The number of nitrogens with zero attached hydrogens (tertiary/aromatic N) is 2. The summed E-state index contributed by atoms with van der Waals surface area (Å²) in [4.78, 5) is 30.7. The molecule has 3 aromatic rings. The predicted octanol–water partition coefficient (Wildman–Crippen LogP) is 5.63. The van der Waals surface area contributed by atoms with E-state index in [1.54, 1.807) is 4.90 Å². The van der Waals surface area contributed by atoms with Crippen LogP contribution in [0.25, 0.3) is 11.5 Å². The number of amides is 1. The Hall–Kier alpha value is -3.81. The number of benzene rings is 2. The fraction of sp³-hybridized carbons (Fsp3) is 0.433. The largest absolute Gasteiger partial charge is 0.493 e. The van der Waals surface area contributed by atoms with Crippen molar-refractivity contribution in [1.29, 1.82) is 0 Å². The van der Waals surface area contributed by atoms with Gasteiger partial charge in [-0.25, -0.2) is 9.78 Å². The summed E-state index contributed by atoms with van der Waals surface area (Å²) in [6.07, 6.45) is 1.17. The average Bonchev–Trinajstić information content (AvgIpc) is 3.28. The molecule has 8 nitrogen and oxygen atoms in total. The molecule has 0 aliphatic carbocycles. The Morgan fingerprint density at radius 1 is 1.16 bits per heavy atom. The molecule has 1 N–H and O–H groups in total. The Bertz CT molecular complexity index is 1220. The third kappa shape index (κ3) is 7.15. The zero-order chi connectivity index (χ0) is 27.1. The first-order valence-electron chi connectivity index (χ1n) is 13.2. The number of carbonyl (C=O) groups excluding carboxylic acids is 1. The van der Waals surface area contributed by atoms with Crippen LogP contribution in [0.4, 0.5) is 4.79 Å².